The van der Waals surface area contributed by atoms with Gasteiger partial charge < -0.3 is 15.5 Å². The average Bonchev–Trinajstić information content (AvgIpc) is 3.21. The van der Waals surface area contributed by atoms with E-state index in [1.165, 1.54) is 0 Å². The smallest absolute Gasteiger partial charge is 0.239 e. The van der Waals surface area contributed by atoms with Crippen molar-refractivity contribution < 1.29 is 9.59 Å². The average molecular weight is 409 g/mol. The summed E-state index contributed by atoms with van der Waals surface area (Å²) in [4.78, 5) is 31.5. The number of aromatic nitrogens is 1. The summed E-state index contributed by atoms with van der Waals surface area (Å²) in [6.07, 6.45) is 1.77. The van der Waals surface area contributed by atoms with Gasteiger partial charge in [-0.2, -0.15) is 0 Å². The third-order valence-corrected chi connectivity index (χ3v) is 6.20. The molecule has 0 spiro atoms. The highest BCUT2D eigenvalue weighted by atomic mass is 32.1. The minimum absolute atomic E-state index is 0.00328. The number of fused-ring (bicyclic) bond motifs is 1. The lowest BCUT2D eigenvalue weighted by molar-refractivity contribution is -0.128. The SMILES string of the molecule is O=C(CNC(=O)[C@@H]1CCCN(c2nc3ccccc3s2)C1)NCc1ccccc1. The van der Waals surface area contributed by atoms with Crippen molar-refractivity contribution in [1.82, 2.24) is 15.6 Å². The van der Waals surface area contributed by atoms with Crippen molar-refractivity contribution in [2.45, 2.75) is 19.4 Å². The summed E-state index contributed by atoms with van der Waals surface area (Å²) in [7, 11) is 0. The maximum Gasteiger partial charge on any atom is 0.239 e. The summed E-state index contributed by atoms with van der Waals surface area (Å²) in [5, 5.41) is 6.59. The van der Waals surface area contributed by atoms with Crippen LogP contribution in [0.4, 0.5) is 5.13 Å². The zero-order valence-corrected chi connectivity index (χ0v) is 17.0. The molecule has 2 heterocycles. The first kappa shape index (κ1) is 19.4. The number of rotatable bonds is 6. The molecule has 0 unspecified atom stereocenters. The second kappa shape index (κ2) is 9.05. The van der Waals surface area contributed by atoms with Gasteiger partial charge in [-0.3, -0.25) is 9.59 Å². The van der Waals surface area contributed by atoms with E-state index in [2.05, 4.69) is 21.6 Å². The van der Waals surface area contributed by atoms with Crippen LogP contribution in [0.1, 0.15) is 18.4 Å². The Labute approximate surface area is 173 Å². The van der Waals surface area contributed by atoms with E-state index < -0.39 is 0 Å². The Balaban J connectivity index is 1.27. The van der Waals surface area contributed by atoms with Crippen LogP contribution in [0, 0.1) is 5.92 Å². The van der Waals surface area contributed by atoms with Crippen LogP contribution in [-0.4, -0.2) is 36.4 Å². The van der Waals surface area contributed by atoms with E-state index in [-0.39, 0.29) is 24.3 Å². The number of carbonyl (C=O) groups is 2. The summed E-state index contributed by atoms with van der Waals surface area (Å²) >= 11 is 1.66. The predicted octanol–water partition coefficient (Wildman–Crippen LogP) is 2.95. The third kappa shape index (κ3) is 4.92. The maximum absolute atomic E-state index is 12.6. The fourth-order valence-corrected chi connectivity index (χ4v) is 4.53. The number of thiazole rings is 1. The molecule has 29 heavy (non-hydrogen) atoms. The number of nitrogens with one attached hydrogen (secondary N) is 2. The monoisotopic (exact) mass is 408 g/mol. The molecule has 2 aromatic carbocycles. The fourth-order valence-electron chi connectivity index (χ4n) is 3.53. The molecule has 2 amide bonds. The van der Waals surface area contributed by atoms with Crippen LogP contribution in [0.2, 0.25) is 0 Å². The van der Waals surface area contributed by atoms with E-state index in [1.54, 1.807) is 11.3 Å². The number of para-hydroxylation sites is 1. The van der Waals surface area contributed by atoms with Crippen LogP contribution in [-0.2, 0) is 16.1 Å². The Morgan fingerprint density at radius 1 is 1.07 bits per heavy atom. The van der Waals surface area contributed by atoms with Crippen molar-refractivity contribution in [3.05, 3.63) is 60.2 Å². The first-order chi connectivity index (χ1) is 14.2. The van der Waals surface area contributed by atoms with Crippen molar-refractivity contribution >= 4 is 38.5 Å². The molecule has 1 atom stereocenters. The molecule has 3 aromatic rings. The second-order valence-corrected chi connectivity index (χ2v) is 8.24. The molecule has 150 valence electrons. The summed E-state index contributed by atoms with van der Waals surface area (Å²) < 4.78 is 1.16. The van der Waals surface area contributed by atoms with Crippen LogP contribution in [0.5, 0.6) is 0 Å². The summed E-state index contributed by atoms with van der Waals surface area (Å²) in [5.74, 6) is -0.371. The lowest BCUT2D eigenvalue weighted by atomic mass is 9.97. The third-order valence-electron chi connectivity index (χ3n) is 5.10. The quantitative estimate of drug-likeness (QED) is 0.658. The molecule has 1 saturated heterocycles. The summed E-state index contributed by atoms with van der Waals surface area (Å²) in [5.41, 5.74) is 2.03. The number of anilines is 1. The number of hydrogen-bond donors (Lipinski definition) is 2. The van der Waals surface area contributed by atoms with Gasteiger partial charge in [0.15, 0.2) is 5.13 Å². The van der Waals surface area contributed by atoms with Gasteiger partial charge in [0, 0.05) is 19.6 Å². The lowest BCUT2D eigenvalue weighted by Crippen LogP contribution is -2.45. The molecule has 7 heteroatoms. The Morgan fingerprint density at radius 3 is 2.69 bits per heavy atom. The molecule has 1 aliphatic heterocycles. The van der Waals surface area contributed by atoms with Gasteiger partial charge in [-0.05, 0) is 30.5 Å². The van der Waals surface area contributed by atoms with Crippen molar-refractivity contribution in [3.63, 3.8) is 0 Å². The molecular weight excluding hydrogens is 384 g/mol. The number of hydrogen-bond acceptors (Lipinski definition) is 5. The molecule has 0 saturated carbocycles. The Kier molecular flexibility index (Phi) is 6.05. The first-order valence-electron chi connectivity index (χ1n) is 9.88. The zero-order valence-electron chi connectivity index (χ0n) is 16.1. The van der Waals surface area contributed by atoms with E-state index in [0.29, 0.717) is 13.1 Å². The first-order valence-corrected chi connectivity index (χ1v) is 10.7. The lowest BCUT2D eigenvalue weighted by Gasteiger charge is -2.31. The van der Waals surface area contributed by atoms with Crippen molar-refractivity contribution in [1.29, 1.82) is 0 Å². The molecule has 1 aromatic heterocycles. The van der Waals surface area contributed by atoms with E-state index in [9.17, 15) is 9.59 Å². The molecular formula is C22H24N4O2S. The molecule has 1 aliphatic rings. The van der Waals surface area contributed by atoms with Gasteiger partial charge in [0.1, 0.15) is 0 Å². The minimum Gasteiger partial charge on any atom is -0.350 e. The van der Waals surface area contributed by atoms with Gasteiger partial charge >= 0.3 is 0 Å². The second-order valence-electron chi connectivity index (χ2n) is 7.23. The van der Waals surface area contributed by atoms with Crippen LogP contribution in [0.25, 0.3) is 10.2 Å². The molecule has 0 radical (unpaired) electrons. The van der Waals surface area contributed by atoms with E-state index in [0.717, 1.165) is 40.3 Å². The highest BCUT2D eigenvalue weighted by Crippen LogP contribution is 2.31. The fraction of sp³-hybridized carbons (Fsp3) is 0.318. The molecule has 2 N–H and O–H groups in total. The standard InChI is InChI=1S/C22H24N4O2S/c27-20(23-13-16-7-2-1-3-8-16)14-24-21(28)17-9-6-12-26(15-17)22-25-18-10-4-5-11-19(18)29-22/h1-5,7-8,10-11,17H,6,9,12-15H2,(H,23,27)(H,24,28)/t17-/m1/s1. The number of benzene rings is 2. The molecule has 4 rings (SSSR count). The van der Waals surface area contributed by atoms with Crippen LogP contribution < -0.4 is 15.5 Å². The largest absolute Gasteiger partial charge is 0.350 e. The predicted molar refractivity (Wildman–Crippen MR) is 116 cm³/mol. The van der Waals surface area contributed by atoms with Gasteiger partial charge in [0.25, 0.3) is 0 Å². The molecule has 1 fully saturated rings. The van der Waals surface area contributed by atoms with Crippen LogP contribution in [0.3, 0.4) is 0 Å². The van der Waals surface area contributed by atoms with E-state index >= 15 is 0 Å². The summed E-state index contributed by atoms with van der Waals surface area (Å²) in [6, 6.07) is 17.8. The van der Waals surface area contributed by atoms with Gasteiger partial charge in [-0.1, -0.05) is 53.8 Å². The van der Waals surface area contributed by atoms with Gasteiger partial charge in [0.05, 0.1) is 22.7 Å². The number of nitrogens with zero attached hydrogens (tertiary/aromatic N) is 2. The molecule has 0 aliphatic carbocycles. The molecule has 0 bridgehead atoms. The number of amides is 2. The minimum atomic E-state index is -0.180. The van der Waals surface area contributed by atoms with E-state index in [1.807, 2.05) is 48.5 Å². The van der Waals surface area contributed by atoms with Gasteiger partial charge in [-0.25, -0.2) is 4.98 Å². The van der Waals surface area contributed by atoms with Gasteiger partial charge in [-0.15, -0.1) is 0 Å². The zero-order chi connectivity index (χ0) is 20.1. The number of carbonyl (C=O) groups excluding carboxylic acids is 2. The topological polar surface area (TPSA) is 74.3 Å². The summed E-state index contributed by atoms with van der Waals surface area (Å²) in [6.45, 7) is 2.01. The van der Waals surface area contributed by atoms with Crippen molar-refractivity contribution in [2.24, 2.45) is 5.92 Å². The Bertz CT molecular complexity index is 956. The van der Waals surface area contributed by atoms with Gasteiger partial charge in [0.2, 0.25) is 11.8 Å². The van der Waals surface area contributed by atoms with Crippen LogP contribution >= 0.6 is 11.3 Å². The van der Waals surface area contributed by atoms with E-state index in [4.69, 9.17) is 4.98 Å². The van der Waals surface area contributed by atoms with Crippen molar-refractivity contribution in [2.75, 3.05) is 24.5 Å². The number of piperidine rings is 1. The highest BCUT2D eigenvalue weighted by Gasteiger charge is 2.27. The molecule has 6 nitrogen and oxygen atoms in total. The Hall–Kier alpha value is -2.93. The maximum atomic E-state index is 12.6. The normalized spacial score (nSPS) is 16.6. The van der Waals surface area contributed by atoms with Crippen LogP contribution in [0.15, 0.2) is 54.6 Å². The Morgan fingerprint density at radius 2 is 1.86 bits per heavy atom. The highest BCUT2D eigenvalue weighted by molar-refractivity contribution is 7.22. The van der Waals surface area contributed by atoms with Crippen molar-refractivity contribution in [3.8, 4) is 0 Å².